The molecule has 0 spiro atoms. The molecule has 0 bridgehead atoms. The Labute approximate surface area is 291 Å². The molecule has 1 atom stereocenters. The first-order chi connectivity index (χ1) is 24.4. The Morgan fingerprint density at radius 2 is 1.74 bits per heavy atom. The lowest BCUT2D eigenvalue weighted by molar-refractivity contribution is 0.0779. The molecule has 11 nitrogen and oxygen atoms in total. The lowest BCUT2D eigenvalue weighted by Crippen LogP contribution is -2.42. The van der Waals surface area contributed by atoms with Crippen LogP contribution in [0, 0.1) is 5.82 Å². The van der Waals surface area contributed by atoms with Crippen molar-refractivity contribution in [3.05, 3.63) is 95.8 Å². The summed E-state index contributed by atoms with van der Waals surface area (Å²) in [5.41, 5.74) is 3.27. The Morgan fingerprint density at radius 1 is 1.00 bits per heavy atom. The summed E-state index contributed by atoms with van der Waals surface area (Å²) in [5.74, 6) is 2.70. The number of nitrogens with zero attached hydrogens (tertiary/aromatic N) is 5. The van der Waals surface area contributed by atoms with Crippen LogP contribution in [0.5, 0.6) is 17.2 Å². The molecule has 0 saturated carbocycles. The molecule has 5 aromatic rings. The highest BCUT2D eigenvalue weighted by Crippen LogP contribution is 2.41. The maximum atomic E-state index is 14.1. The van der Waals surface area contributed by atoms with Crippen LogP contribution in [0.15, 0.2) is 73.1 Å². The molecule has 1 amide bonds. The van der Waals surface area contributed by atoms with Crippen LogP contribution < -0.4 is 19.5 Å². The number of para-hydroxylation sites is 2. The van der Waals surface area contributed by atoms with Gasteiger partial charge in [-0.3, -0.25) is 4.79 Å². The van der Waals surface area contributed by atoms with Gasteiger partial charge in [0.2, 0.25) is 11.7 Å². The SMILES string of the molecule is COc1cc(C(=O)N2CCC(CCN3CCC(Nc4nc5ccccc5n4Cc4ncc[nH]4)CC3)(c3ccc(F)cc3)C2)cc(OC)c1OC. The molecule has 2 aliphatic rings. The number of likely N-dealkylation sites (tertiary alicyclic amines) is 2. The number of anilines is 1. The molecule has 262 valence electrons. The zero-order valence-corrected chi connectivity index (χ0v) is 28.8. The van der Waals surface area contributed by atoms with Gasteiger partial charge in [0.15, 0.2) is 11.5 Å². The minimum absolute atomic E-state index is 0.0989. The molecular formula is C38H44FN7O4. The van der Waals surface area contributed by atoms with Crippen molar-refractivity contribution in [2.75, 3.05) is 59.4 Å². The zero-order chi connectivity index (χ0) is 34.7. The molecule has 0 aliphatic carbocycles. The van der Waals surface area contributed by atoms with E-state index in [2.05, 4.69) is 30.8 Å². The molecule has 0 radical (unpaired) electrons. The third kappa shape index (κ3) is 6.72. The number of aromatic amines is 1. The van der Waals surface area contributed by atoms with E-state index in [4.69, 9.17) is 19.2 Å². The molecule has 2 aromatic heterocycles. The fraction of sp³-hybridized carbons (Fsp3) is 0.395. The number of amides is 1. The van der Waals surface area contributed by atoms with Gasteiger partial charge in [-0.2, -0.15) is 0 Å². The maximum Gasteiger partial charge on any atom is 0.254 e. The van der Waals surface area contributed by atoms with Gasteiger partial charge in [0.1, 0.15) is 11.6 Å². The Balaban J connectivity index is 1.02. The minimum Gasteiger partial charge on any atom is -0.493 e. The Kier molecular flexibility index (Phi) is 9.62. The second-order valence-corrected chi connectivity index (χ2v) is 13.2. The smallest absolute Gasteiger partial charge is 0.254 e. The van der Waals surface area contributed by atoms with E-state index in [9.17, 15) is 9.18 Å². The lowest BCUT2D eigenvalue weighted by Gasteiger charge is -2.36. The summed E-state index contributed by atoms with van der Waals surface area (Å²) < 4.78 is 32.7. The molecule has 2 fully saturated rings. The number of nitrogens with one attached hydrogen (secondary N) is 2. The van der Waals surface area contributed by atoms with Crippen molar-refractivity contribution in [3.63, 3.8) is 0 Å². The molecule has 3 aromatic carbocycles. The van der Waals surface area contributed by atoms with Gasteiger partial charge in [-0.1, -0.05) is 24.3 Å². The number of hydrogen-bond donors (Lipinski definition) is 2. The molecule has 2 aliphatic heterocycles. The number of piperidine rings is 1. The van der Waals surface area contributed by atoms with Gasteiger partial charge in [-0.05, 0) is 74.2 Å². The first kappa shape index (κ1) is 33.4. The van der Waals surface area contributed by atoms with E-state index < -0.39 is 0 Å². The normalized spacial score (nSPS) is 18.4. The highest BCUT2D eigenvalue weighted by Gasteiger charge is 2.42. The van der Waals surface area contributed by atoms with Crippen molar-refractivity contribution < 1.29 is 23.4 Å². The van der Waals surface area contributed by atoms with Gasteiger partial charge >= 0.3 is 0 Å². The van der Waals surface area contributed by atoms with Crippen LogP contribution in [0.4, 0.5) is 10.3 Å². The Bertz CT molecular complexity index is 1900. The molecule has 2 N–H and O–H groups in total. The number of ether oxygens (including phenoxy) is 3. The van der Waals surface area contributed by atoms with Crippen LogP contribution in [-0.4, -0.2) is 95.3 Å². The molecular weight excluding hydrogens is 637 g/mol. The summed E-state index contributed by atoms with van der Waals surface area (Å²) in [6, 6.07) is 18.7. The highest BCUT2D eigenvalue weighted by atomic mass is 19.1. The van der Waals surface area contributed by atoms with E-state index in [1.807, 2.05) is 41.4 Å². The van der Waals surface area contributed by atoms with Crippen LogP contribution in [-0.2, 0) is 12.0 Å². The van der Waals surface area contributed by atoms with Crippen LogP contribution in [0.3, 0.4) is 0 Å². The summed E-state index contributed by atoms with van der Waals surface area (Å²) in [4.78, 5) is 30.9. The highest BCUT2D eigenvalue weighted by molar-refractivity contribution is 5.96. The number of halogens is 1. The van der Waals surface area contributed by atoms with Gasteiger partial charge in [0.25, 0.3) is 5.91 Å². The van der Waals surface area contributed by atoms with Crippen molar-refractivity contribution in [1.29, 1.82) is 0 Å². The van der Waals surface area contributed by atoms with Crippen molar-refractivity contribution in [1.82, 2.24) is 29.3 Å². The number of methoxy groups -OCH3 is 3. The van der Waals surface area contributed by atoms with Crippen molar-refractivity contribution >= 4 is 22.9 Å². The van der Waals surface area contributed by atoms with Crippen molar-refractivity contribution in [3.8, 4) is 17.2 Å². The number of benzene rings is 3. The maximum absolute atomic E-state index is 14.1. The lowest BCUT2D eigenvalue weighted by atomic mass is 9.76. The third-order valence-electron chi connectivity index (χ3n) is 10.4. The van der Waals surface area contributed by atoms with Crippen LogP contribution in [0.2, 0.25) is 0 Å². The number of carbonyl (C=O) groups is 1. The number of aromatic nitrogens is 4. The minimum atomic E-state index is -0.296. The molecule has 4 heterocycles. The number of H-pyrrole nitrogens is 1. The van der Waals surface area contributed by atoms with Gasteiger partial charge in [-0.15, -0.1) is 0 Å². The number of hydrogen-bond acceptors (Lipinski definition) is 8. The summed E-state index contributed by atoms with van der Waals surface area (Å²) in [6.07, 6.45) is 7.23. The molecule has 7 rings (SSSR count). The predicted octanol–water partition coefficient (Wildman–Crippen LogP) is 5.72. The molecule has 12 heteroatoms. The Morgan fingerprint density at radius 3 is 2.42 bits per heavy atom. The zero-order valence-electron chi connectivity index (χ0n) is 28.8. The van der Waals surface area contributed by atoms with Crippen LogP contribution >= 0.6 is 0 Å². The van der Waals surface area contributed by atoms with Gasteiger partial charge in [0, 0.05) is 55.6 Å². The summed E-state index contributed by atoms with van der Waals surface area (Å²) in [5, 5.41) is 3.74. The van der Waals surface area contributed by atoms with E-state index in [1.54, 1.807) is 39.7 Å². The largest absolute Gasteiger partial charge is 0.493 e. The standard InChI is InChI=1S/C38H44FN7O4/c1-48-32-22-26(23-33(49-2)35(32)50-3)36(47)45-21-15-38(25-45,27-8-10-28(39)11-9-27)14-20-44-18-12-29(13-19-44)42-37-43-30-6-4-5-7-31(30)46(37)24-34-40-16-17-41-34/h4-11,16-17,22-23,29H,12-15,18-21,24-25H2,1-3H3,(H,40,41)(H,42,43). The van der Waals surface area contributed by atoms with Crippen molar-refractivity contribution in [2.45, 2.75) is 43.7 Å². The fourth-order valence-electron chi connectivity index (χ4n) is 7.56. The first-order valence-electron chi connectivity index (χ1n) is 17.2. The van der Waals surface area contributed by atoms with Gasteiger partial charge < -0.3 is 38.9 Å². The number of rotatable bonds is 12. The van der Waals surface area contributed by atoms with E-state index in [1.165, 1.54) is 12.1 Å². The quantitative estimate of drug-likeness (QED) is 0.172. The second kappa shape index (κ2) is 14.4. The Hall–Kier alpha value is -5.10. The van der Waals surface area contributed by atoms with Crippen LogP contribution in [0.25, 0.3) is 11.0 Å². The monoisotopic (exact) mass is 681 g/mol. The van der Waals surface area contributed by atoms with Gasteiger partial charge in [0.05, 0.1) is 38.9 Å². The summed E-state index contributed by atoms with van der Waals surface area (Å²) in [7, 11) is 4.62. The van der Waals surface area contributed by atoms with E-state index in [-0.39, 0.29) is 17.1 Å². The average molecular weight is 682 g/mol. The topological polar surface area (TPSA) is 110 Å². The molecule has 1 unspecified atom stereocenters. The van der Waals surface area contributed by atoms with Crippen LogP contribution in [0.1, 0.15) is 47.4 Å². The predicted molar refractivity (Wildman–Crippen MR) is 190 cm³/mol. The fourth-order valence-corrected chi connectivity index (χ4v) is 7.56. The second-order valence-electron chi connectivity index (χ2n) is 13.2. The van der Waals surface area contributed by atoms with E-state index in [0.717, 1.165) is 73.7 Å². The van der Waals surface area contributed by atoms with E-state index in [0.29, 0.717) is 48.5 Å². The molecule has 50 heavy (non-hydrogen) atoms. The average Bonchev–Trinajstić information content (AvgIpc) is 3.91. The number of carbonyl (C=O) groups excluding carboxylic acids is 1. The number of fused-ring (bicyclic) bond motifs is 1. The summed E-state index contributed by atoms with van der Waals surface area (Å²) in [6.45, 7) is 4.52. The van der Waals surface area contributed by atoms with E-state index >= 15 is 0 Å². The first-order valence-corrected chi connectivity index (χ1v) is 17.2. The number of imidazole rings is 2. The van der Waals surface area contributed by atoms with Gasteiger partial charge in [-0.25, -0.2) is 14.4 Å². The molecule has 2 saturated heterocycles. The van der Waals surface area contributed by atoms with Crippen molar-refractivity contribution in [2.24, 2.45) is 0 Å². The summed E-state index contributed by atoms with van der Waals surface area (Å²) >= 11 is 0. The third-order valence-corrected chi connectivity index (χ3v) is 10.4.